The van der Waals surface area contributed by atoms with Gasteiger partial charge in [0.05, 0.1) is 28.3 Å². The van der Waals surface area contributed by atoms with Gasteiger partial charge in [-0.1, -0.05) is 29.0 Å². The molecule has 184 valence electrons. The normalized spacial score (nSPS) is 13.4. The number of carbonyl (C=O) groups excluding carboxylic acids is 1. The molecule has 0 spiro atoms. The number of halogens is 6. The fourth-order valence-corrected chi connectivity index (χ4v) is 4.70. The molecule has 0 aliphatic rings. The number of alkyl halides is 6. The maximum Gasteiger partial charge on any atom is 0.573 e. The number of fused-ring (bicyclic) bond motifs is 1. The van der Waals surface area contributed by atoms with Crippen LogP contribution in [0.1, 0.15) is 5.56 Å². The summed E-state index contributed by atoms with van der Waals surface area (Å²) in [4.78, 5) is 13.7. The van der Waals surface area contributed by atoms with Crippen molar-refractivity contribution in [3.05, 3.63) is 52.8 Å². The van der Waals surface area contributed by atoms with Gasteiger partial charge in [0, 0.05) is 0 Å². The van der Waals surface area contributed by atoms with E-state index in [1.807, 2.05) is 0 Å². The Morgan fingerprint density at radius 3 is 2.29 bits per heavy atom. The van der Waals surface area contributed by atoms with E-state index in [2.05, 4.69) is 9.73 Å². The fraction of sp³-hybridized carbons (Fsp3) is 0.263. The van der Waals surface area contributed by atoms with Crippen molar-refractivity contribution < 1.29 is 48.5 Å². The number of amides is 1. The third kappa shape index (κ3) is 6.36. The van der Waals surface area contributed by atoms with Crippen molar-refractivity contribution in [1.82, 2.24) is 4.57 Å². The molecule has 1 amide bonds. The molecule has 3 aromatic rings. The summed E-state index contributed by atoms with van der Waals surface area (Å²) in [5.74, 6) is -3.08. The van der Waals surface area contributed by atoms with Crippen molar-refractivity contribution in [3.63, 3.8) is 0 Å². The van der Waals surface area contributed by atoms with Crippen LogP contribution in [0.25, 0.3) is 10.2 Å². The predicted molar refractivity (Wildman–Crippen MR) is 107 cm³/mol. The summed E-state index contributed by atoms with van der Waals surface area (Å²) in [7, 11) is -4.20. The molecule has 0 N–H and O–H groups in total. The van der Waals surface area contributed by atoms with Crippen molar-refractivity contribution in [3.8, 4) is 5.75 Å². The Hall–Kier alpha value is -2.91. The molecule has 1 aromatic heterocycles. The second-order valence-electron chi connectivity index (χ2n) is 6.72. The first kappa shape index (κ1) is 25.7. The minimum absolute atomic E-state index is 0.0110. The Morgan fingerprint density at radius 2 is 1.71 bits per heavy atom. The topological polar surface area (TPSA) is 87.0 Å². The van der Waals surface area contributed by atoms with Crippen LogP contribution in [0.2, 0.25) is 0 Å². The lowest BCUT2D eigenvalue weighted by molar-refractivity contribution is -0.274. The van der Waals surface area contributed by atoms with Gasteiger partial charge in [-0.05, 0) is 37.3 Å². The highest BCUT2D eigenvalue weighted by Gasteiger charge is 2.38. The molecule has 0 unspecified atom stereocenters. The molecular weight excluding hydrogens is 514 g/mol. The van der Waals surface area contributed by atoms with Crippen LogP contribution in [-0.2, 0) is 25.6 Å². The Bertz CT molecular complexity index is 1370. The van der Waals surface area contributed by atoms with Crippen LogP contribution in [0.5, 0.6) is 5.75 Å². The lowest BCUT2D eigenvalue weighted by atomic mass is 10.2. The highest BCUT2D eigenvalue weighted by Crippen LogP contribution is 2.28. The van der Waals surface area contributed by atoms with Gasteiger partial charge >= 0.3 is 18.4 Å². The molecule has 15 heteroatoms. The summed E-state index contributed by atoms with van der Waals surface area (Å²) in [6.45, 7) is 0.804. The largest absolute Gasteiger partial charge is 0.573 e. The van der Waals surface area contributed by atoms with Crippen LogP contribution in [0.15, 0.2) is 52.4 Å². The maximum atomic E-state index is 12.7. The summed E-state index contributed by atoms with van der Waals surface area (Å²) >= 11 is 0.488. The van der Waals surface area contributed by atoms with Gasteiger partial charge in [-0.2, -0.15) is 26.6 Å². The number of hydrogen-bond acceptors (Lipinski definition) is 6. The number of carbonyl (C=O) groups is 1. The molecule has 0 aliphatic heterocycles. The van der Waals surface area contributed by atoms with Gasteiger partial charge in [0.2, 0.25) is 0 Å². The van der Waals surface area contributed by atoms with Crippen LogP contribution in [0.4, 0.5) is 26.3 Å². The molecule has 0 atom stereocenters. The standard InChI is InChI=1S/C19H14F6N2O5S2/c1-11-2-5-13(6-3-11)34(29,30)31-9-8-27-14-7-4-12(32-19(23,24)25)10-15(14)33-17(27)26-16(28)18(20,21)22/h2-7,10H,8-9H2,1H3. The van der Waals surface area contributed by atoms with Crippen LogP contribution >= 0.6 is 11.3 Å². The summed E-state index contributed by atoms with van der Waals surface area (Å²) in [6, 6.07) is 8.63. The number of aromatic nitrogens is 1. The summed E-state index contributed by atoms with van der Waals surface area (Å²) in [5, 5.41) is 0. The van der Waals surface area contributed by atoms with E-state index in [1.54, 1.807) is 6.92 Å². The quantitative estimate of drug-likeness (QED) is 0.352. The van der Waals surface area contributed by atoms with Crippen molar-refractivity contribution in [2.24, 2.45) is 4.99 Å². The highest BCUT2D eigenvalue weighted by molar-refractivity contribution is 7.86. The molecule has 0 fully saturated rings. The SMILES string of the molecule is Cc1ccc(S(=O)(=O)OCCn2c(=NC(=O)C(F)(F)F)sc3cc(OC(F)(F)F)ccc32)cc1. The van der Waals surface area contributed by atoms with Crippen LogP contribution in [0.3, 0.4) is 0 Å². The van der Waals surface area contributed by atoms with Gasteiger partial charge in [-0.15, -0.1) is 13.2 Å². The lowest BCUT2D eigenvalue weighted by Crippen LogP contribution is -2.26. The smallest absolute Gasteiger partial charge is 0.406 e. The lowest BCUT2D eigenvalue weighted by Gasteiger charge is -2.10. The Balaban J connectivity index is 1.95. The summed E-state index contributed by atoms with van der Waals surface area (Å²) in [6.07, 6.45) is -10.3. The van der Waals surface area contributed by atoms with Gasteiger partial charge in [0.25, 0.3) is 10.1 Å². The van der Waals surface area contributed by atoms with E-state index < -0.39 is 45.7 Å². The number of nitrogens with zero attached hydrogens (tertiary/aromatic N) is 2. The highest BCUT2D eigenvalue weighted by atomic mass is 32.2. The average Bonchev–Trinajstić information content (AvgIpc) is 3.02. The van der Waals surface area contributed by atoms with E-state index in [1.165, 1.54) is 24.3 Å². The molecule has 1 heterocycles. The molecule has 0 radical (unpaired) electrons. The third-order valence-electron chi connectivity index (χ3n) is 4.19. The van der Waals surface area contributed by atoms with E-state index in [4.69, 9.17) is 4.18 Å². The maximum absolute atomic E-state index is 12.7. The van der Waals surface area contributed by atoms with E-state index in [0.29, 0.717) is 11.3 Å². The zero-order chi connectivity index (χ0) is 25.3. The minimum atomic E-state index is -5.29. The molecule has 0 aliphatic carbocycles. The number of benzene rings is 2. The molecule has 0 saturated carbocycles. The molecule has 2 aromatic carbocycles. The predicted octanol–water partition coefficient (Wildman–Crippen LogP) is 4.30. The summed E-state index contributed by atoms with van der Waals surface area (Å²) in [5.41, 5.74) is 0.887. The van der Waals surface area contributed by atoms with E-state index in [-0.39, 0.29) is 21.7 Å². The molecule has 0 saturated heterocycles. The van der Waals surface area contributed by atoms with E-state index >= 15 is 0 Å². The Labute approximate surface area is 192 Å². The van der Waals surface area contributed by atoms with Gasteiger partial charge in [-0.25, -0.2) is 0 Å². The zero-order valence-corrected chi connectivity index (χ0v) is 18.6. The summed E-state index contributed by atoms with van der Waals surface area (Å²) < 4.78 is 110. The fourth-order valence-electron chi connectivity index (χ4n) is 2.71. The van der Waals surface area contributed by atoms with E-state index in [0.717, 1.165) is 28.3 Å². The second kappa shape index (κ2) is 9.38. The Kier molecular flexibility index (Phi) is 7.10. The number of aryl methyl sites for hydroxylation is 1. The van der Waals surface area contributed by atoms with Crippen molar-refractivity contribution in [2.45, 2.75) is 30.9 Å². The van der Waals surface area contributed by atoms with Crippen molar-refractivity contribution in [1.29, 1.82) is 0 Å². The van der Waals surface area contributed by atoms with Gasteiger partial charge in [-0.3, -0.25) is 8.98 Å². The van der Waals surface area contributed by atoms with Crippen LogP contribution < -0.4 is 9.54 Å². The van der Waals surface area contributed by atoms with Gasteiger partial charge in [0.15, 0.2) is 4.80 Å². The number of hydrogen-bond donors (Lipinski definition) is 0. The molecular formula is C19H14F6N2O5S2. The van der Waals surface area contributed by atoms with Gasteiger partial charge < -0.3 is 9.30 Å². The number of thiazole rings is 1. The van der Waals surface area contributed by atoms with Crippen molar-refractivity contribution >= 4 is 37.6 Å². The number of ether oxygens (including phenoxy) is 1. The van der Waals surface area contributed by atoms with Crippen LogP contribution in [-0.4, -0.2) is 38.0 Å². The minimum Gasteiger partial charge on any atom is -0.406 e. The first-order valence-electron chi connectivity index (χ1n) is 9.17. The molecule has 34 heavy (non-hydrogen) atoms. The first-order chi connectivity index (χ1) is 15.7. The first-order valence-corrected chi connectivity index (χ1v) is 11.4. The van der Waals surface area contributed by atoms with E-state index in [9.17, 15) is 39.6 Å². The van der Waals surface area contributed by atoms with Crippen LogP contribution in [0, 0.1) is 6.92 Å². The van der Waals surface area contributed by atoms with Gasteiger partial charge in [0.1, 0.15) is 5.75 Å². The molecule has 0 bridgehead atoms. The third-order valence-corrected chi connectivity index (χ3v) is 6.56. The average molecular weight is 528 g/mol. The molecule has 7 nitrogen and oxygen atoms in total. The Morgan fingerprint density at radius 1 is 1.06 bits per heavy atom. The second-order valence-corrected chi connectivity index (χ2v) is 9.34. The monoisotopic (exact) mass is 528 g/mol. The van der Waals surface area contributed by atoms with Crippen molar-refractivity contribution in [2.75, 3.05) is 6.61 Å². The molecule has 3 rings (SSSR count). The zero-order valence-electron chi connectivity index (χ0n) is 17.0. The number of rotatable bonds is 6.